The number of rotatable bonds is 7. The maximum Gasteiger partial charge on any atom is 0.237 e. The third-order valence-electron chi connectivity index (χ3n) is 4.34. The van der Waals surface area contributed by atoms with Crippen molar-refractivity contribution in [3.8, 4) is 11.4 Å². The van der Waals surface area contributed by atoms with E-state index in [0.29, 0.717) is 23.2 Å². The lowest BCUT2D eigenvalue weighted by molar-refractivity contribution is -0.115. The zero-order chi connectivity index (χ0) is 20.1. The van der Waals surface area contributed by atoms with Gasteiger partial charge in [-0.1, -0.05) is 36.0 Å². The summed E-state index contributed by atoms with van der Waals surface area (Å²) >= 11 is 1.31. The number of carbonyl (C=O) groups is 1. The summed E-state index contributed by atoms with van der Waals surface area (Å²) in [6.07, 6.45) is 0. The monoisotopic (exact) mass is 397 g/mol. The van der Waals surface area contributed by atoms with Crippen molar-refractivity contribution in [3.05, 3.63) is 53.6 Å². The molecule has 2 aromatic carbocycles. The predicted molar refractivity (Wildman–Crippen MR) is 110 cm³/mol. The molecule has 0 aliphatic carbocycles. The summed E-state index contributed by atoms with van der Waals surface area (Å²) in [5.41, 5.74) is 3.80. The van der Waals surface area contributed by atoms with Gasteiger partial charge in [0.15, 0.2) is 0 Å². The van der Waals surface area contributed by atoms with Gasteiger partial charge in [0.05, 0.1) is 23.2 Å². The van der Waals surface area contributed by atoms with Crippen molar-refractivity contribution in [2.24, 2.45) is 0 Å². The van der Waals surface area contributed by atoms with E-state index in [0.717, 1.165) is 16.8 Å². The number of benzene rings is 2. The van der Waals surface area contributed by atoms with E-state index >= 15 is 0 Å². The number of aryl methyl sites for hydroxylation is 1. The highest BCUT2D eigenvalue weighted by molar-refractivity contribution is 8.00. The SMILES string of the molecule is CCOc1ccccc1NC(=O)[C@H](C)Sc1nnnn1-c1cccc(C)c1C. The van der Waals surface area contributed by atoms with Gasteiger partial charge in [0.2, 0.25) is 11.1 Å². The zero-order valence-corrected chi connectivity index (χ0v) is 17.2. The molecule has 0 saturated heterocycles. The lowest BCUT2D eigenvalue weighted by atomic mass is 10.1. The van der Waals surface area contributed by atoms with Gasteiger partial charge in [-0.05, 0) is 67.4 Å². The van der Waals surface area contributed by atoms with Crippen LogP contribution in [-0.4, -0.2) is 38.0 Å². The van der Waals surface area contributed by atoms with Gasteiger partial charge in [0, 0.05) is 0 Å². The summed E-state index contributed by atoms with van der Waals surface area (Å²) in [7, 11) is 0. The van der Waals surface area contributed by atoms with E-state index in [4.69, 9.17) is 4.74 Å². The van der Waals surface area contributed by atoms with E-state index in [-0.39, 0.29) is 5.91 Å². The second-order valence-corrected chi connectivity index (χ2v) is 7.58. The van der Waals surface area contributed by atoms with Crippen molar-refractivity contribution in [1.29, 1.82) is 0 Å². The Morgan fingerprint density at radius 3 is 2.79 bits per heavy atom. The topological polar surface area (TPSA) is 81.9 Å². The number of nitrogens with one attached hydrogen (secondary N) is 1. The number of anilines is 1. The smallest absolute Gasteiger partial charge is 0.237 e. The molecule has 0 bridgehead atoms. The standard InChI is InChI=1S/C20H23N5O2S/c1-5-27-18-12-7-6-10-16(18)21-19(26)15(4)28-20-22-23-24-25(20)17-11-8-9-13(2)14(17)3/h6-12,15H,5H2,1-4H3,(H,21,26)/t15-/m0/s1. The Morgan fingerprint density at radius 1 is 1.21 bits per heavy atom. The molecule has 0 unspecified atom stereocenters. The lowest BCUT2D eigenvalue weighted by Crippen LogP contribution is -2.23. The molecule has 0 saturated carbocycles. The second kappa shape index (κ2) is 8.88. The molecule has 1 N–H and O–H groups in total. The fourth-order valence-electron chi connectivity index (χ4n) is 2.67. The van der Waals surface area contributed by atoms with Gasteiger partial charge < -0.3 is 10.1 Å². The molecule has 3 aromatic rings. The lowest BCUT2D eigenvalue weighted by Gasteiger charge is -2.15. The Hall–Kier alpha value is -2.87. The van der Waals surface area contributed by atoms with Crippen LogP contribution in [-0.2, 0) is 4.79 Å². The minimum Gasteiger partial charge on any atom is -0.492 e. The molecule has 0 aliphatic rings. The first kappa shape index (κ1) is 19.9. The minimum absolute atomic E-state index is 0.146. The third kappa shape index (κ3) is 4.33. The van der Waals surface area contributed by atoms with Crippen LogP contribution in [0.5, 0.6) is 5.75 Å². The maximum atomic E-state index is 12.7. The minimum atomic E-state index is -0.399. The van der Waals surface area contributed by atoms with E-state index in [1.165, 1.54) is 11.8 Å². The van der Waals surface area contributed by atoms with Crippen LogP contribution < -0.4 is 10.1 Å². The third-order valence-corrected chi connectivity index (χ3v) is 5.37. The summed E-state index contributed by atoms with van der Waals surface area (Å²) in [5.74, 6) is 0.503. The molecule has 1 heterocycles. The summed E-state index contributed by atoms with van der Waals surface area (Å²) in [4.78, 5) is 12.7. The summed E-state index contributed by atoms with van der Waals surface area (Å²) < 4.78 is 7.24. The Morgan fingerprint density at radius 2 is 2.00 bits per heavy atom. The number of carbonyl (C=O) groups excluding carboxylic acids is 1. The van der Waals surface area contributed by atoms with Crippen LogP contribution in [0, 0.1) is 13.8 Å². The van der Waals surface area contributed by atoms with E-state index < -0.39 is 5.25 Å². The number of hydrogen-bond acceptors (Lipinski definition) is 6. The molecule has 0 radical (unpaired) electrons. The van der Waals surface area contributed by atoms with Crippen LogP contribution in [0.25, 0.3) is 5.69 Å². The maximum absolute atomic E-state index is 12.7. The van der Waals surface area contributed by atoms with Crippen LogP contribution in [0.3, 0.4) is 0 Å². The molecule has 0 spiro atoms. The van der Waals surface area contributed by atoms with Crippen LogP contribution in [0.1, 0.15) is 25.0 Å². The largest absolute Gasteiger partial charge is 0.492 e. The predicted octanol–water partition coefficient (Wildman–Crippen LogP) is 3.80. The summed E-state index contributed by atoms with van der Waals surface area (Å²) in [6, 6.07) is 13.4. The van der Waals surface area contributed by atoms with Crippen LogP contribution in [0.4, 0.5) is 5.69 Å². The molecule has 0 fully saturated rings. The molecule has 8 heteroatoms. The average Bonchev–Trinajstić information content (AvgIpc) is 3.13. The molecule has 7 nitrogen and oxygen atoms in total. The molecule has 1 atom stereocenters. The van der Waals surface area contributed by atoms with Crippen molar-refractivity contribution in [3.63, 3.8) is 0 Å². The van der Waals surface area contributed by atoms with Crippen molar-refractivity contribution in [2.75, 3.05) is 11.9 Å². The highest BCUT2D eigenvalue weighted by Gasteiger charge is 2.21. The molecule has 3 rings (SSSR count). The van der Waals surface area contributed by atoms with Crippen LogP contribution in [0.15, 0.2) is 47.6 Å². The summed E-state index contributed by atoms with van der Waals surface area (Å²) in [6.45, 7) is 8.33. The first-order chi connectivity index (χ1) is 13.5. The second-order valence-electron chi connectivity index (χ2n) is 6.27. The van der Waals surface area contributed by atoms with Gasteiger partial charge in [-0.3, -0.25) is 4.79 Å². The first-order valence-electron chi connectivity index (χ1n) is 9.05. The Kier molecular flexibility index (Phi) is 6.30. The van der Waals surface area contributed by atoms with E-state index in [1.807, 2.05) is 70.2 Å². The number of aromatic nitrogens is 4. The van der Waals surface area contributed by atoms with Gasteiger partial charge in [0.25, 0.3) is 0 Å². The van der Waals surface area contributed by atoms with E-state index in [2.05, 4.69) is 20.8 Å². The molecular formula is C20H23N5O2S. The van der Waals surface area contributed by atoms with E-state index in [1.54, 1.807) is 4.68 Å². The van der Waals surface area contributed by atoms with Gasteiger partial charge in [0.1, 0.15) is 5.75 Å². The van der Waals surface area contributed by atoms with Gasteiger partial charge >= 0.3 is 0 Å². The number of para-hydroxylation sites is 2. The van der Waals surface area contributed by atoms with Crippen molar-refractivity contribution >= 4 is 23.4 Å². The van der Waals surface area contributed by atoms with Gasteiger partial charge in [-0.2, -0.15) is 4.68 Å². The fourth-order valence-corrected chi connectivity index (χ4v) is 3.47. The van der Waals surface area contributed by atoms with Crippen LogP contribution in [0.2, 0.25) is 0 Å². The van der Waals surface area contributed by atoms with Gasteiger partial charge in [-0.15, -0.1) is 5.10 Å². The summed E-state index contributed by atoms with van der Waals surface area (Å²) in [5, 5.41) is 15.1. The number of thioether (sulfide) groups is 1. The van der Waals surface area contributed by atoms with Crippen molar-refractivity contribution in [1.82, 2.24) is 20.2 Å². The number of tetrazole rings is 1. The number of hydrogen-bond donors (Lipinski definition) is 1. The Bertz CT molecular complexity index is 973. The highest BCUT2D eigenvalue weighted by atomic mass is 32.2. The Balaban J connectivity index is 1.76. The molecule has 146 valence electrons. The molecule has 1 aromatic heterocycles. The number of amides is 1. The van der Waals surface area contributed by atoms with Gasteiger partial charge in [-0.25, -0.2) is 0 Å². The molecule has 0 aliphatic heterocycles. The van der Waals surface area contributed by atoms with Crippen molar-refractivity contribution in [2.45, 2.75) is 38.1 Å². The molecule has 28 heavy (non-hydrogen) atoms. The Labute approximate surface area is 168 Å². The first-order valence-corrected chi connectivity index (χ1v) is 9.93. The normalized spacial score (nSPS) is 11.9. The highest BCUT2D eigenvalue weighted by Crippen LogP contribution is 2.28. The average molecular weight is 398 g/mol. The number of nitrogens with zero attached hydrogens (tertiary/aromatic N) is 4. The zero-order valence-electron chi connectivity index (χ0n) is 16.3. The molecular weight excluding hydrogens is 374 g/mol. The fraction of sp³-hybridized carbons (Fsp3) is 0.300. The quantitative estimate of drug-likeness (QED) is 0.611. The van der Waals surface area contributed by atoms with Crippen LogP contribution >= 0.6 is 11.8 Å². The van der Waals surface area contributed by atoms with Crippen molar-refractivity contribution < 1.29 is 9.53 Å². The van der Waals surface area contributed by atoms with E-state index in [9.17, 15) is 4.79 Å². The number of ether oxygens (including phenoxy) is 1. The molecule has 1 amide bonds.